The Morgan fingerprint density at radius 1 is 1.12 bits per heavy atom. The van der Waals surface area contributed by atoms with Gasteiger partial charge in [-0.25, -0.2) is 4.39 Å². The average molecular weight is 345 g/mol. The topological polar surface area (TPSA) is 6.48 Å². The number of anilines is 2. The molecule has 0 amide bonds. The lowest BCUT2D eigenvalue weighted by molar-refractivity contribution is 0.244. The maximum absolute atomic E-state index is 13.4. The van der Waals surface area contributed by atoms with Crippen LogP contribution in [0.3, 0.4) is 0 Å². The van der Waals surface area contributed by atoms with Gasteiger partial charge in [0.1, 0.15) is 5.82 Å². The molecule has 0 aromatic heterocycles. The van der Waals surface area contributed by atoms with Crippen LogP contribution in [-0.2, 0) is 13.0 Å². The van der Waals surface area contributed by atoms with Crippen molar-refractivity contribution in [3.8, 4) is 0 Å². The summed E-state index contributed by atoms with van der Waals surface area (Å²) in [4.78, 5) is 4.64. The van der Waals surface area contributed by atoms with Crippen LogP contribution in [-0.4, -0.2) is 25.0 Å². The molecule has 1 saturated carbocycles. The highest BCUT2D eigenvalue weighted by Crippen LogP contribution is 2.33. The second-order valence-corrected chi connectivity index (χ2v) is 7.45. The van der Waals surface area contributed by atoms with Crippen molar-refractivity contribution in [2.45, 2.75) is 25.8 Å². The Labute approximate surface area is 147 Å². The number of nitrogens with zero attached hydrogens (tertiary/aromatic N) is 2. The zero-order chi connectivity index (χ0) is 16.7. The van der Waals surface area contributed by atoms with E-state index in [1.807, 2.05) is 7.05 Å². The Morgan fingerprint density at radius 3 is 2.62 bits per heavy atom. The monoisotopic (exact) mass is 344 g/mol. The average Bonchev–Trinajstić information content (AvgIpc) is 3.40. The lowest BCUT2D eigenvalue weighted by Gasteiger charge is -2.30. The maximum atomic E-state index is 13.4. The molecule has 0 atom stereocenters. The first-order valence-electron chi connectivity index (χ1n) is 8.63. The third-order valence-corrected chi connectivity index (χ3v) is 5.46. The molecule has 126 valence electrons. The molecule has 4 rings (SSSR count). The molecule has 4 heteroatoms. The molecule has 1 aliphatic heterocycles. The first-order chi connectivity index (χ1) is 11.6. The molecule has 1 heterocycles. The van der Waals surface area contributed by atoms with Crippen molar-refractivity contribution in [1.29, 1.82) is 0 Å². The molecule has 24 heavy (non-hydrogen) atoms. The van der Waals surface area contributed by atoms with Crippen LogP contribution in [0.4, 0.5) is 15.8 Å². The molecule has 0 saturated heterocycles. The zero-order valence-electron chi connectivity index (χ0n) is 13.9. The highest BCUT2D eigenvalue weighted by molar-refractivity contribution is 6.31. The van der Waals surface area contributed by atoms with Crippen molar-refractivity contribution >= 4 is 23.0 Å². The van der Waals surface area contributed by atoms with Crippen molar-refractivity contribution in [2.24, 2.45) is 5.92 Å². The molecule has 0 spiro atoms. The molecule has 0 radical (unpaired) electrons. The van der Waals surface area contributed by atoms with Gasteiger partial charge in [-0.3, -0.25) is 4.90 Å². The summed E-state index contributed by atoms with van der Waals surface area (Å²) < 4.78 is 13.4. The summed E-state index contributed by atoms with van der Waals surface area (Å²) in [7, 11) is 2.00. The van der Waals surface area contributed by atoms with Crippen molar-refractivity contribution in [3.63, 3.8) is 0 Å². The molecule has 0 unspecified atom stereocenters. The quantitative estimate of drug-likeness (QED) is 0.768. The second kappa shape index (κ2) is 6.38. The molecular formula is C20H22ClFN2. The summed E-state index contributed by atoms with van der Waals surface area (Å²) in [6.45, 7) is 3.46. The third kappa shape index (κ3) is 3.28. The van der Waals surface area contributed by atoms with Crippen LogP contribution in [0.2, 0.25) is 5.02 Å². The van der Waals surface area contributed by atoms with E-state index in [2.05, 4.69) is 28.0 Å². The molecule has 1 fully saturated rings. The van der Waals surface area contributed by atoms with Gasteiger partial charge >= 0.3 is 0 Å². The Kier molecular flexibility index (Phi) is 4.23. The fourth-order valence-corrected chi connectivity index (χ4v) is 3.65. The summed E-state index contributed by atoms with van der Waals surface area (Å²) in [5.41, 5.74) is 4.88. The molecular weight excluding hydrogens is 323 g/mol. The van der Waals surface area contributed by atoms with Gasteiger partial charge in [0.05, 0.1) is 5.02 Å². The summed E-state index contributed by atoms with van der Waals surface area (Å²) in [6.07, 6.45) is 3.93. The minimum Gasteiger partial charge on any atom is -0.345 e. The van der Waals surface area contributed by atoms with E-state index in [9.17, 15) is 4.39 Å². The first-order valence-corrected chi connectivity index (χ1v) is 9.01. The Bertz CT molecular complexity index is 757. The van der Waals surface area contributed by atoms with Crippen LogP contribution in [0.1, 0.15) is 24.0 Å². The fraction of sp³-hybridized carbons (Fsp3) is 0.400. The van der Waals surface area contributed by atoms with E-state index in [4.69, 9.17) is 11.6 Å². The van der Waals surface area contributed by atoms with Gasteiger partial charge in [0.25, 0.3) is 0 Å². The van der Waals surface area contributed by atoms with Crippen LogP contribution < -0.4 is 4.90 Å². The van der Waals surface area contributed by atoms with E-state index in [0.717, 1.165) is 30.3 Å². The lowest BCUT2D eigenvalue weighted by Crippen LogP contribution is -2.32. The molecule has 2 aromatic rings. The smallest absolute Gasteiger partial charge is 0.141 e. The molecule has 2 nitrogen and oxygen atoms in total. The summed E-state index contributed by atoms with van der Waals surface area (Å²) in [5, 5.41) is 0.160. The van der Waals surface area contributed by atoms with Crippen LogP contribution >= 0.6 is 11.6 Å². The number of fused-ring (bicyclic) bond motifs is 1. The lowest BCUT2D eigenvalue weighted by atomic mass is 9.98. The second-order valence-electron chi connectivity index (χ2n) is 7.04. The number of rotatable bonds is 4. The highest BCUT2D eigenvalue weighted by atomic mass is 35.5. The Hall–Kier alpha value is -1.58. The maximum Gasteiger partial charge on any atom is 0.141 e. The van der Waals surface area contributed by atoms with E-state index < -0.39 is 0 Å². The van der Waals surface area contributed by atoms with Gasteiger partial charge in [-0.05, 0) is 66.6 Å². The molecule has 1 aliphatic carbocycles. The molecule has 2 aromatic carbocycles. The molecule has 2 aliphatic rings. The van der Waals surface area contributed by atoms with Gasteiger partial charge in [0.2, 0.25) is 0 Å². The zero-order valence-corrected chi connectivity index (χ0v) is 14.7. The summed E-state index contributed by atoms with van der Waals surface area (Å²) in [6, 6.07) is 11.5. The fourth-order valence-electron chi connectivity index (χ4n) is 3.47. The normalized spacial score (nSPS) is 17.6. The van der Waals surface area contributed by atoms with Gasteiger partial charge in [0.15, 0.2) is 0 Å². The van der Waals surface area contributed by atoms with E-state index in [0.29, 0.717) is 0 Å². The predicted molar refractivity (Wildman–Crippen MR) is 97.6 cm³/mol. The van der Waals surface area contributed by atoms with Crippen LogP contribution in [0.25, 0.3) is 0 Å². The van der Waals surface area contributed by atoms with Crippen molar-refractivity contribution in [3.05, 3.63) is 58.4 Å². The first kappa shape index (κ1) is 15.9. The van der Waals surface area contributed by atoms with Crippen LogP contribution in [0.15, 0.2) is 36.4 Å². The van der Waals surface area contributed by atoms with Crippen molar-refractivity contribution < 1.29 is 4.39 Å². The molecule has 0 N–H and O–H groups in total. The summed E-state index contributed by atoms with van der Waals surface area (Å²) >= 11 is 5.93. The summed E-state index contributed by atoms with van der Waals surface area (Å²) in [5.74, 6) is 0.550. The largest absolute Gasteiger partial charge is 0.345 e. The van der Waals surface area contributed by atoms with Gasteiger partial charge in [0, 0.05) is 38.1 Å². The van der Waals surface area contributed by atoms with E-state index in [-0.39, 0.29) is 10.8 Å². The number of benzene rings is 2. The van der Waals surface area contributed by atoms with E-state index in [1.165, 1.54) is 43.1 Å². The van der Waals surface area contributed by atoms with Crippen molar-refractivity contribution in [2.75, 3.05) is 25.0 Å². The SMILES string of the molecule is CN(c1ccc(F)c(Cl)c1)c1ccc2c(c1)CN(CC1CC1)CC2. The number of halogens is 2. The van der Waals surface area contributed by atoms with Crippen molar-refractivity contribution in [1.82, 2.24) is 4.90 Å². The van der Waals surface area contributed by atoms with Gasteiger partial charge in [-0.1, -0.05) is 17.7 Å². The number of hydrogen-bond acceptors (Lipinski definition) is 2. The Morgan fingerprint density at radius 2 is 1.88 bits per heavy atom. The van der Waals surface area contributed by atoms with E-state index >= 15 is 0 Å². The highest BCUT2D eigenvalue weighted by Gasteiger charge is 2.26. The third-order valence-electron chi connectivity index (χ3n) is 5.17. The van der Waals surface area contributed by atoms with Gasteiger partial charge < -0.3 is 4.90 Å². The number of hydrogen-bond donors (Lipinski definition) is 0. The minimum absolute atomic E-state index is 0.160. The minimum atomic E-state index is -0.380. The Balaban J connectivity index is 1.56. The standard InChI is InChI=1S/C20H22ClFN2/c1-23(18-6-7-20(22)19(21)11-18)17-5-4-15-8-9-24(12-14-2-3-14)13-16(15)10-17/h4-7,10-11,14H,2-3,8-9,12-13H2,1H3. The predicted octanol–water partition coefficient (Wildman–Crippen LogP) is 5.02. The molecule has 0 bridgehead atoms. The van der Waals surface area contributed by atoms with Gasteiger partial charge in [-0.15, -0.1) is 0 Å². The van der Waals surface area contributed by atoms with E-state index in [1.54, 1.807) is 12.1 Å². The van der Waals surface area contributed by atoms with Crippen LogP contribution in [0.5, 0.6) is 0 Å². The van der Waals surface area contributed by atoms with Gasteiger partial charge in [-0.2, -0.15) is 0 Å². The van der Waals surface area contributed by atoms with Crippen LogP contribution in [0, 0.1) is 11.7 Å².